The first-order valence-corrected chi connectivity index (χ1v) is 6.21. The quantitative estimate of drug-likeness (QED) is 0.833. The molecule has 0 saturated heterocycles. The van der Waals surface area contributed by atoms with E-state index in [1.807, 2.05) is 0 Å². The molecule has 1 aromatic heterocycles. The molecule has 1 heterocycles. The van der Waals surface area contributed by atoms with Crippen LogP contribution in [0.2, 0.25) is 0 Å². The first-order chi connectivity index (χ1) is 7.69. The zero-order valence-corrected chi connectivity index (χ0v) is 10.4. The average Bonchev–Trinajstić information content (AvgIpc) is 2.63. The Morgan fingerprint density at radius 1 is 1.44 bits per heavy atom. The molecule has 1 saturated carbocycles. The van der Waals surface area contributed by atoms with Crippen molar-refractivity contribution in [1.29, 1.82) is 0 Å². The van der Waals surface area contributed by atoms with Crippen LogP contribution in [-0.2, 0) is 11.2 Å². The van der Waals surface area contributed by atoms with E-state index < -0.39 is 0 Å². The summed E-state index contributed by atoms with van der Waals surface area (Å²) in [5.41, 5.74) is 0. The number of aromatic amines is 1. The minimum atomic E-state index is 0.405. The van der Waals surface area contributed by atoms with Gasteiger partial charge >= 0.3 is 0 Å². The summed E-state index contributed by atoms with van der Waals surface area (Å²) in [5, 5.41) is 7.25. The molecule has 4 heteroatoms. The molecule has 0 aromatic carbocycles. The van der Waals surface area contributed by atoms with Crippen LogP contribution in [0.15, 0.2) is 0 Å². The van der Waals surface area contributed by atoms with Crippen molar-refractivity contribution < 1.29 is 4.74 Å². The van der Waals surface area contributed by atoms with E-state index >= 15 is 0 Å². The zero-order chi connectivity index (χ0) is 11.5. The molecule has 0 aliphatic heterocycles. The lowest BCUT2D eigenvalue weighted by Gasteiger charge is -2.34. The fourth-order valence-electron chi connectivity index (χ4n) is 2.15. The SMILES string of the molecule is CCOC1CC(Cc2nc(C(C)C)n[nH]2)C1. The number of nitrogens with one attached hydrogen (secondary N) is 1. The number of H-pyrrole nitrogens is 1. The second-order valence-electron chi connectivity index (χ2n) is 4.91. The van der Waals surface area contributed by atoms with Crippen molar-refractivity contribution in [2.45, 2.75) is 52.1 Å². The lowest BCUT2D eigenvalue weighted by Crippen LogP contribution is -2.32. The van der Waals surface area contributed by atoms with Crippen molar-refractivity contribution in [2.75, 3.05) is 6.61 Å². The van der Waals surface area contributed by atoms with E-state index in [9.17, 15) is 0 Å². The van der Waals surface area contributed by atoms with Crippen molar-refractivity contribution in [3.63, 3.8) is 0 Å². The first-order valence-electron chi connectivity index (χ1n) is 6.21. The molecule has 1 aliphatic carbocycles. The van der Waals surface area contributed by atoms with E-state index in [1.54, 1.807) is 0 Å². The summed E-state index contributed by atoms with van der Waals surface area (Å²) in [6.45, 7) is 7.11. The highest BCUT2D eigenvalue weighted by Crippen LogP contribution is 2.32. The van der Waals surface area contributed by atoms with Gasteiger partial charge in [0.05, 0.1) is 6.10 Å². The summed E-state index contributed by atoms with van der Waals surface area (Å²) in [5.74, 6) is 3.09. The predicted octanol–water partition coefficient (Wildman–Crippen LogP) is 2.29. The van der Waals surface area contributed by atoms with Gasteiger partial charge in [0.15, 0.2) is 5.82 Å². The number of rotatable bonds is 5. The van der Waals surface area contributed by atoms with Gasteiger partial charge in [-0.05, 0) is 25.7 Å². The Labute approximate surface area is 96.8 Å². The molecule has 0 spiro atoms. The van der Waals surface area contributed by atoms with Crippen molar-refractivity contribution in [3.05, 3.63) is 11.6 Å². The summed E-state index contributed by atoms with van der Waals surface area (Å²) in [6.07, 6.45) is 3.85. The van der Waals surface area contributed by atoms with Crippen LogP contribution >= 0.6 is 0 Å². The maximum atomic E-state index is 5.54. The second-order valence-corrected chi connectivity index (χ2v) is 4.91. The van der Waals surface area contributed by atoms with Crippen LogP contribution in [0.25, 0.3) is 0 Å². The third-order valence-corrected chi connectivity index (χ3v) is 3.14. The van der Waals surface area contributed by atoms with E-state index in [4.69, 9.17) is 4.74 Å². The predicted molar refractivity (Wildman–Crippen MR) is 62.3 cm³/mol. The molecule has 0 amide bonds. The van der Waals surface area contributed by atoms with Gasteiger partial charge in [0, 0.05) is 18.9 Å². The Kier molecular flexibility index (Phi) is 3.59. The van der Waals surface area contributed by atoms with Gasteiger partial charge in [-0.1, -0.05) is 13.8 Å². The number of hydrogen-bond donors (Lipinski definition) is 1. The molecule has 16 heavy (non-hydrogen) atoms. The molecule has 1 fully saturated rings. The van der Waals surface area contributed by atoms with Gasteiger partial charge in [0.2, 0.25) is 0 Å². The van der Waals surface area contributed by atoms with Crippen molar-refractivity contribution >= 4 is 0 Å². The Hall–Kier alpha value is -0.900. The van der Waals surface area contributed by atoms with Crippen LogP contribution in [0, 0.1) is 5.92 Å². The topological polar surface area (TPSA) is 50.8 Å². The molecule has 1 N–H and O–H groups in total. The van der Waals surface area contributed by atoms with Crippen molar-refractivity contribution in [2.24, 2.45) is 5.92 Å². The minimum absolute atomic E-state index is 0.405. The normalized spacial score (nSPS) is 24.8. The second kappa shape index (κ2) is 4.95. The Bertz CT molecular complexity index is 329. The third-order valence-electron chi connectivity index (χ3n) is 3.14. The summed E-state index contributed by atoms with van der Waals surface area (Å²) in [7, 11) is 0. The van der Waals surface area contributed by atoms with E-state index in [2.05, 4.69) is 36.0 Å². The fraction of sp³-hybridized carbons (Fsp3) is 0.833. The Morgan fingerprint density at radius 2 is 2.19 bits per heavy atom. The summed E-state index contributed by atoms with van der Waals surface area (Å²) in [6, 6.07) is 0. The van der Waals surface area contributed by atoms with Crippen LogP contribution in [0.1, 0.15) is 51.2 Å². The van der Waals surface area contributed by atoms with E-state index in [1.165, 1.54) is 12.8 Å². The molecule has 90 valence electrons. The molecular formula is C12H21N3O. The van der Waals surface area contributed by atoms with E-state index in [0.29, 0.717) is 12.0 Å². The third kappa shape index (κ3) is 2.61. The van der Waals surface area contributed by atoms with Crippen molar-refractivity contribution in [3.8, 4) is 0 Å². The van der Waals surface area contributed by atoms with Gasteiger partial charge in [-0.15, -0.1) is 0 Å². The fourth-order valence-corrected chi connectivity index (χ4v) is 2.15. The van der Waals surface area contributed by atoms with Crippen molar-refractivity contribution in [1.82, 2.24) is 15.2 Å². The summed E-state index contributed by atoms with van der Waals surface area (Å²) in [4.78, 5) is 4.50. The standard InChI is InChI=1S/C12H21N3O/c1-4-16-10-5-9(6-10)7-11-13-12(8(2)3)15-14-11/h8-10H,4-7H2,1-3H3,(H,13,14,15). The smallest absolute Gasteiger partial charge is 0.153 e. The minimum Gasteiger partial charge on any atom is -0.378 e. The Balaban J connectivity index is 1.78. The average molecular weight is 223 g/mol. The molecule has 1 aliphatic rings. The molecular weight excluding hydrogens is 202 g/mol. The summed E-state index contributed by atoms with van der Waals surface area (Å²) >= 11 is 0. The molecule has 1 aromatic rings. The molecule has 0 radical (unpaired) electrons. The van der Waals surface area contributed by atoms with Gasteiger partial charge in [-0.25, -0.2) is 4.98 Å². The maximum absolute atomic E-state index is 5.54. The van der Waals surface area contributed by atoms with Gasteiger partial charge in [-0.2, -0.15) is 5.10 Å². The lowest BCUT2D eigenvalue weighted by molar-refractivity contribution is -0.0245. The van der Waals surface area contributed by atoms with Crippen LogP contribution < -0.4 is 0 Å². The van der Waals surface area contributed by atoms with E-state index in [-0.39, 0.29) is 0 Å². The monoisotopic (exact) mass is 223 g/mol. The number of nitrogens with zero attached hydrogens (tertiary/aromatic N) is 2. The van der Waals surface area contributed by atoms with Crippen LogP contribution in [0.5, 0.6) is 0 Å². The van der Waals surface area contributed by atoms with Crippen LogP contribution in [-0.4, -0.2) is 27.9 Å². The number of ether oxygens (including phenoxy) is 1. The van der Waals surface area contributed by atoms with Gasteiger partial charge < -0.3 is 4.74 Å². The van der Waals surface area contributed by atoms with E-state index in [0.717, 1.165) is 30.6 Å². The lowest BCUT2D eigenvalue weighted by atomic mass is 9.80. The summed E-state index contributed by atoms with van der Waals surface area (Å²) < 4.78 is 5.54. The number of hydrogen-bond acceptors (Lipinski definition) is 3. The highest BCUT2D eigenvalue weighted by atomic mass is 16.5. The first kappa shape index (κ1) is 11.6. The largest absolute Gasteiger partial charge is 0.378 e. The highest BCUT2D eigenvalue weighted by molar-refractivity contribution is 4.97. The molecule has 0 bridgehead atoms. The molecule has 0 unspecified atom stereocenters. The van der Waals surface area contributed by atoms with Gasteiger partial charge in [-0.3, -0.25) is 5.10 Å². The zero-order valence-electron chi connectivity index (χ0n) is 10.4. The molecule has 4 nitrogen and oxygen atoms in total. The van der Waals surface area contributed by atoms with Gasteiger partial charge in [0.25, 0.3) is 0 Å². The molecule has 0 atom stereocenters. The van der Waals surface area contributed by atoms with Crippen LogP contribution in [0.4, 0.5) is 0 Å². The highest BCUT2D eigenvalue weighted by Gasteiger charge is 2.30. The Morgan fingerprint density at radius 3 is 2.75 bits per heavy atom. The molecule has 2 rings (SSSR count). The van der Waals surface area contributed by atoms with Crippen LogP contribution in [0.3, 0.4) is 0 Å². The van der Waals surface area contributed by atoms with Gasteiger partial charge in [0.1, 0.15) is 5.82 Å². The number of aromatic nitrogens is 3. The maximum Gasteiger partial charge on any atom is 0.153 e.